The van der Waals surface area contributed by atoms with Crippen LogP contribution >= 0.6 is 0 Å². The summed E-state index contributed by atoms with van der Waals surface area (Å²) >= 11 is 0. The SMILES string of the molecule is CC(C1CCC1)N1CCc2nc3cc(-c4ccc(C#N)cc4)ccc3n2CC1. The molecule has 1 aliphatic heterocycles. The minimum Gasteiger partial charge on any atom is -0.327 e. The molecule has 0 saturated heterocycles. The molecule has 4 nitrogen and oxygen atoms in total. The molecule has 2 aliphatic rings. The van der Waals surface area contributed by atoms with Crippen LogP contribution in [0.2, 0.25) is 0 Å². The van der Waals surface area contributed by atoms with Gasteiger partial charge in [0.15, 0.2) is 0 Å². The lowest BCUT2D eigenvalue weighted by Gasteiger charge is -2.38. The van der Waals surface area contributed by atoms with Crippen LogP contribution in [0, 0.1) is 17.2 Å². The maximum Gasteiger partial charge on any atom is 0.111 e. The Bertz CT molecular complexity index is 1040. The molecule has 0 amide bonds. The highest BCUT2D eigenvalue weighted by molar-refractivity contribution is 5.82. The van der Waals surface area contributed by atoms with Gasteiger partial charge in [-0.15, -0.1) is 0 Å². The largest absolute Gasteiger partial charge is 0.327 e. The van der Waals surface area contributed by atoms with Gasteiger partial charge in [-0.25, -0.2) is 4.98 Å². The van der Waals surface area contributed by atoms with Gasteiger partial charge in [-0.2, -0.15) is 5.26 Å². The summed E-state index contributed by atoms with van der Waals surface area (Å²) in [5, 5.41) is 8.99. The highest BCUT2D eigenvalue weighted by Gasteiger charge is 2.29. The lowest BCUT2D eigenvalue weighted by Crippen LogP contribution is -2.42. The molecule has 1 atom stereocenters. The normalized spacial score (nSPS) is 18.9. The first-order valence-corrected chi connectivity index (χ1v) is 10.5. The minimum atomic E-state index is 0.694. The van der Waals surface area contributed by atoms with Gasteiger partial charge in [-0.1, -0.05) is 24.6 Å². The number of hydrogen-bond donors (Lipinski definition) is 0. The van der Waals surface area contributed by atoms with E-state index in [1.54, 1.807) is 0 Å². The lowest BCUT2D eigenvalue weighted by atomic mass is 9.80. The molecule has 4 heteroatoms. The third-order valence-electron chi connectivity index (χ3n) is 6.82. The van der Waals surface area contributed by atoms with Gasteiger partial charge in [0.25, 0.3) is 0 Å². The molecular formula is C24H26N4. The summed E-state index contributed by atoms with van der Waals surface area (Å²) in [5.41, 5.74) is 5.30. The average Bonchev–Trinajstić information content (AvgIpc) is 2.89. The van der Waals surface area contributed by atoms with Gasteiger partial charge in [0.05, 0.1) is 22.7 Å². The summed E-state index contributed by atoms with van der Waals surface area (Å²) < 4.78 is 2.42. The fraction of sp³-hybridized carbons (Fsp3) is 0.417. The summed E-state index contributed by atoms with van der Waals surface area (Å²) in [6.45, 7) is 5.68. The molecule has 0 radical (unpaired) electrons. The van der Waals surface area contributed by atoms with Gasteiger partial charge < -0.3 is 4.57 Å². The van der Waals surface area contributed by atoms with Gasteiger partial charge >= 0.3 is 0 Å². The Morgan fingerprint density at radius 2 is 1.82 bits per heavy atom. The van der Waals surface area contributed by atoms with Gasteiger partial charge in [0.2, 0.25) is 0 Å². The minimum absolute atomic E-state index is 0.694. The van der Waals surface area contributed by atoms with Crippen molar-refractivity contribution in [3.63, 3.8) is 0 Å². The van der Waals surface area contributed by atoms with Gasteiger partial charge in [0, 0.05) is 32.1 Å². The fourth-order valence-corrected chi connectivity index (χ4v) is 4.75. The molecule has 1 aliphatic carbocycles. The Balaban J connectivity index is 1.40. The third kappa shape index (κ3) is 3.00. The van der Waals surface area contributed by atoms with Crippen molar-refractivity contribution in [3.8, 4) is 17.2 Å². The Hall–Kier alpha value is -2.64. The van der Waals surface area contributed by atoms with Crippen LogP contribution in [0.25, 0.3) is 22.2 Å². The fourth-order valence-electron chi connectivity index (χ4n) is 4.75. The van der Waals surface area contributed by atoms with E-state index in [9.17, 15) is 0 Å². The van der Waals surface area contributed by atoms with E-state index in [1.165, 1.54) is 30.6 Å². The van der Waals surface area contributed by atoms with Crippen molar-refractivity contribution in [2.45, 2.75) is 45.2 Å². The number of benzene rings is 2. The molecule has 1 aromatic heterocycles. The van der Waals surface area contributed by atoms with E-state index < -0.39 is 0 Å². The summed E-state index contributed by atoms with van der Waals surface area (Å²) in [7, 11) is 0. The Morgan fingerprint density at radius 3 is 2.54 bits per heavy atom. The van der Waals surface area contributed by atoms with Crippen LogP contribution in [0.3, 0.4) is 0 Å². The molecule has 0 bridgehead atoms. The highest BCUT2D eigenvalue weighted by atomic mass is 15.2. The maximum absolute atomic E-state index is 8.99. The van der Waals surface area contributed by atoms with Crippen LogP contribution in [0.5, 0.6) is 0 Å². The van der Waals surface area contributed by atoms with Crippen molar-refractivity contribution in [1.29, 1.82) is 5.26 Å². The molecule has 1 unspecified atom stereocenters. The second-order valence-corrected chi connectivity index (χ2v) is 8.29. The standard InChI is InChI=1S/C24H26N4/c1-17(19-3-2-4-19)27-12-11-24-26-22-15-21(9-10-23(22)28(24)14-13-27)20-7-5-18(16-25)6-8-20/h5-10,15,17,19H,2-4,11-14H2,1H3. The van der Waals surface area contributed by atoms with E-state index in [1.807, 2.05) is 24.3 Å². The molecule has 0 N–H and O–H groups in total. The molecule has 5 rings (SSSR count). The van der Waals surface area contributed by atoms with Crippen LogP contribution in [-0.4, -0.2) is 33.6 Å². The smallest absolute Gasteiger partial charge is 0.111 e. The zero-order valence-corrected chi connectivity index (χ0v) is 16.4. The van der Waals surface area contributed by atoms with Crippen LogP contribution in [0.1, 0.15) is 37.6 Å². The van der Waals surface area contributed by atoms with Crippen LogP contribution in [0.15, 0.2) is 42.5 Å². The number of nitriles is 1. The first-order chi connectivity index (χ1) is 13.7. The van der Waals surface area contributed by atoms with Crippen molar-refractivity contribution in [3.05, 3.63) is 53.9 Å². The van der Waals surface area contributed by atoms with E-state index in [0.29, 0.717) is 11.6 Å². The van der Waals surface area contributed by atoms with Crippen molar-refractivity contribution in [1.82, 2.24) is 14.5 Å². The van der Waals surface area contributed by atoms with Crippen molar-refractivity contribution < 1.29 is 0 Å². The quantitative estimate of drug-likeness (QED) is 0.676. The number of imidazole rings is 1. The summed E-state index contributed by atoms with van der Waals surface area (Å²) in [6, 6.07) is 17.2. The monoisotopic (exact) mass is 370 g/mol. The number of hydrogen-bond acceptors (Lipinski definition) is 3. The molecule has 2 heterocycles. The third-order valence-corrected chi connectivity index (χ3v) is 6.82. The molecule has 1 fully saturated rings. The van der Waals surface area contributed by atoms with Gasteiger partial charge in [-0.05, 0) is 61.1 Å². The molecule has 28 heavy (non-hydrogen) atoms. The Labute approximate surface area is 166 Å². The summed E-state index contributed by atoms with van der Waals surface area (Å²) in [4.78, 5) is 7.67. The van der Waals surface area contributed by atoms with Crippen LogP contribution in [-0.2, 0) is 13.0 Å². The van der Waals surface area contributed by atoms with Crippen molar-refractivity contribution in [2.75, 3.05) is 13.1 Å². The highest BCUT2D eigenvalue weighted by Crippen LogP contribution is 2.33. The Kier molecular flexibility index (Phi) is 4.41. The number of rotatable bonds is 3. The molecule has 2 aromatic carbocycles. The van der Waals surface area contributed by atoms with Crippen LogP contribution in [0.4, 0.5) is 0 Å². The van der Waals surface area contributed by atoms with Crippen molar-refractivity contribution in [2.24, 2.45) is 5.92 Å². The lowest BCUT2D eigenvalue weighted by molar-refractivity contribution is 0.110. The first kappa shape index (κ1) is 17.5. The predicted octanol–water partition coefficient (Wildman–Crippen LogP) is 4.62. The van der Waals surface area contributed by atoms with Gasteiger partial charge in [0.1, 0.15) is 5.82 Å². The van der Waals surface area contributed by atoms with Crippen LogP contribution < -0.4 is 0 Å². The predicted molar refractivity (Wildman–Crippen MR) is 112 cm³/mol. The number of aromatic nitrogens is 2. The van der Waals surface area contributed by atoms with E-state index >= 15 is 0 Å². The molecular weight excluding hydrogens is 344 g/mol. The van der Waals surface area contributed by atoms with Gasteiger partial charge in [-0.3, -0.25) is 4.90 Å². The molecule has 142 valence electrons. The first-order valence-electron chi connectivity index (χ1n) is 10.5. The van der Waals surface area contributed by atoms with E-state index in [4.69, 9.17) is 10.2 Å². The topological polar surface area (TPSA) is 44.9 Å². The molecule has 0 spiro atoms. The van der Waals surface area contributed by atoms with E-state index in [2.05, 4.69) is 40.7 Å². The van der Waals surface area contributed by atoms with E-state index in [-0.39, 0.29) is 0 Å². The maximum atomic E-state index is 8.99. The molecule has 3 aromatic rings. The summed E-state index contributed by atoms with van der Waals surface area (Å²) in [5.74, 6) is 2.12. The molecule has 1 saturated carbocycles. The van der Waals surface area contributed by atoms with E-state index in [0.717, 1.165) is 48.6 Å². The summed E-state index contributed by atoms with van der Waals surface area (Å²) in [6.07, 6.45) is 5.25. The number of fused-ring (bicyclic) bond motifs is 3. The Morgan fingerprint density at radius 1 is 1.04 bits per heavy atom. The van der Waals surface area contributed by atoms with Crippen molar-refractivity contribution >= 4 is 11.0 Å². The second kappa shape index (κ2) is 7.07. The average molecular weight is 371 g/mol. The zero-order chi connectivity index (χ0) is 19.1. The second-order valence-electron chi connectivity index (χ2n) is 8.29. The zero-order valence-electron chi connectivity index (χ0n) is 16.4. The number of nitrogens with zero attached hydrogens (tertiary/aromatic N) is 4.